The number of carbonyl (C=O) groups excluding carboxylic acids is 1. The van der Waals surface area contributed by atoms with Crippen molar-refractivity contribution in [3.05, 3.63) is 44.8 Å². The number of nitrogens with zero attached hydrogens (tertiary/aromatic N) is 1. The molecule has 0 saturated heterocycles. The summed E-state index contributed by atoms with van der Waals surface area (Å²) in [6.45, 7) is 0. The van der Waals surface area contributed by atoms with Crippen LogP contribution in [0, 0.1) is 0 Å². The van der Waals surface area contributed by atoms with Crippen LogP contribution in [-0.4, -0.2) is 27.4 Å². The van der Waals surface area contributed by atoms with E-state index in [2.05, 4.69) is 15.3 Å². The number of nitrogens with one attached hydrogen (secondary N) is 2. The van der Waals surface area contributed by atoms with Crippen molar-refractivity contribution in [2.24, 2.45) is 0 Å². The molecule has 2 aromatic heterocycles. The fraction of sp³-hybridized carbons (Fsp3) is 0.435. The van der Waals surface area contributed by atoms with Crippen molar-refractivity contribution in [1.29, 1.82) is 0 Å². The summed E-state index contributed by atoms with van der Waals surface area (Å²) < 4.78 is 12.1. The van der Waals surface area contributed by atoms with Gasteiger partial charge >= 0.3 is 0 Å². The van der Waals surface area contributed by atoms with E-state index in [-0.39, 0.29) is 17.2 Å². The number of rotatable bonds is 5. The van der Waals surface area contributed by atoms with Crippen molar-refractivity contribution in [2.45, 2.75) is 56.5 Å². The topological polar surface area (TPSA) is 93.3 Å². The third kappa shape index (κ3) is 3.57. The van der Waals surface area contributed by atoms with E-state index >= 15 is 0 Å². The molecular formula is C23H23N3O4S2. The highest BCUT2D eigenvalue weighted by Gasteiger charge is 2.44. The van der Waals surface area contributed by atoms with Gasteiger partial charge in [0, 0.05) is 29.5 Å². The first kappa shape index (κ1) is 20.1. The van der Waals surface area contributed by atoms with Crippen LogP contribution in [0.15, 0.2) is 23.0 Å². The molecule has 1 fully saturated rings. The van der Waals surface area contributed by atoms with E-state index in [9.17, 15) is 9.59 Å². The van der Waals surface area contributed by atoms with Crippen LogP contribution in [0.4, 0.5) is 5.69 Å². The summed E-state index contributed by atoms with van der Waals surface area (Å²) in [6.07, 6.45) is 7.14. The quantitative estimate of drug-likeness (QED) is 0.576. The Morgan fingerprint density at radius 1 is 1.19 bits per heavy atom. The van der Waals surface area contributed by atoms with Gasteiger partial charge in [0.25, 0.3) is 11.3 Å². The number of thioether (sulfide) groups is 1. The lowest BCUT2D eigenvalue weighted by Gasteiger charge is -2.21. The van der Waals surface area contributed by atoms with Crippen LogP contribution >= 0.6 is 23.1 Å². The van der Waals surface area contributed by atoms with Crippen LogP contribution in [0.2, 0.25) is 0 Å². The molecule has 0 unspecified atom stereocenters. The van der Waals surface area contributed by atoms with Gasteiger partial charge in [-0.3, -0.25) is 9.59 Å². The molecule has 1 amide bonds. The minimum atomic E-state index is -0.505. The summed E-state index contributed by atoms with van der Waals surface area (Å²) in [7, 11) is 0. The van der Waals surface area contributed by atoms with Gasteiger partial charge in [-0.2, -0.15) is 0 Å². The summed E-state index contributed by atoms with van der Waals surface area (Å²) in [5.74, 6) is 2.17. The maximum Gasteiger partial charge on any atom is 0.259 e. The number of hydrogen-bond donors (Lipinski definition) is 2. The van der Waals surface area contributed by atoms with Gasteiger partial charge in [-0.1, -0.05) is 0 Å². The van der Waals surface area contributed by atoms with Gasteiger partial charge in [0.1, 0.15) is 10.7 Å². The van der Waals surface area contributed by atoms with E-state index < -0.39 is 5.79 Å². The van der Waals surface area contributed by atoms with Crippen LogP contribution in [0.5, 0.6) is 11.5 Å². The Hall–Kier alpha value is -2.52. The Bertz CT molecular complexity index is 1280. The molecule has 1 aliphatic heterocycles. The lowest BCUT2D eigenvalue weighted by atomic mass is 10.2. The average Bonchev–Trinajstić information content (AvgIpc) is 3.51. The number of aryl methyl sites for hydroxylation is 2. The maximum atomic E-state index is 12.5. The molecule has 7 nitrogen and oxygen atoms in total. The number of amides is 1. The molecule has 1 aromatic carbocycles. The molecule has 32 heavy (non-hydrogen) atoms. The minimum Gasteiger partial charge on any atom is -0.448 e. The first-order valence-corrected chi connectivity index (χ1v) is 13.0. The molecule has 3 aliphatic rings. The second-order valence-electron chi connectivity index (χ2n) is 8.57. The van der Waals surface area contributed by atoms with Crippen LogP contribution in [0.1, 0.15) is 48.4 Å². The highest BCUT2D eigenvalue weighted by Crippen LogP contribution is 2.47. The average molecular weight is 470 g/mol. The number of hydrogen-bond acceptors (Lipinski definition) is 7. The van der Waals surface area contributed by atoms with Crippen molar-refractivity contribution in [2.75, 3.05) is 11.1 Å². The van der Waals surface area contributed by atoms with Gasteiger partial charge < -0.3 is 19.8 Å². The molecule has 1 saturated carbocycles. The molecule has 166 valence electrons. The first-order valence-electron chi connectivity index (χ1n) is 11.0. The molecule has 0 radical (unpaired) electrons. The van der Waals surface area contributed by atoms with E-state index in [0.717, 1.165) is 60.9 Å². The van der Waals surface area contributed by atoms with E-state index in [1.165, 1.54) is 22.2 Å². The number of aromatic nitrogens is 2. The van der Waals surface area contributed by atoms with Crippen molar-refractivity contribution < 1.29 is 14.3 Å². The lowest BCUT2D eigenvalue weighted by Crippen LogP contribution is -2.34. The summed E-state index contributed by atoms with van der Waals surface area (Å²) in [5, 5.41) is 3.68. The van der Waals surface area contributed by atoms with Crippen molar-refractivity contribution in [3.63, 3.8) is 0 Å². The zero-order valence-corrected chi connectivity index (χ0v) is 19.1. The molecule has 9 heteroatoms. The zero-order valence-electron chi connectivity index (χ0n) is 17.5. The fourth-order valence-corrected chi connectivity index (χ4v) is 6.81. The van der Waals surface area contributed by atoms with Gasteiger partial charge in [-0.05, 0) is 49.8 Å². The monoisotopic (exact) mass is 469 g/mol. The normalized spacial score (nSPS) is 17.9. The first-order chi connectivity index (χ1) is 15.6. The van der Waals surface area contributed by atoms with Crippen molar-refractivity contribution in [1.82, 2.24) is 9.97 Å². The van der Waals surface area contributed by atoms with Crippen LogP contribution in [0.3, 0.4) is 0 Å². The van der Waals surface area contributed by atoms with Crippen LogP contribution < -0.4 is 20.3 Å². The Kier molecular flexibility index (Phi) is 4.91. The van der Waals surface area contributed by atoms with Crippen LogP contribution in [-0.2, 0) is 23.4 Å². The SMILES string of the molecule is O=C(CSCc1nc2sc3c(c2c(=O)[nH]1)CCC3)Nc1ccc2c(c1)OC1(CCCC1)O2. The number of benzene rings is 1. The van der Waals surface area contributed by atoms with Crippen LogP contribution in [0.25, 0.3) is 10.2 Å². The highest BCUT2D eigenvalue weighted by molar-refractivity contribution is 7.99. The summed E-state index contributed by atoms with van der Waals surface area (Å²) in [4.78, 5) is 34.6. The second kappa shape index (κ2) is 7.81. The molecule has 1 spiro atoms. The Morgan fingerprint density at radius 3 is 2.91 bits per heavy atom. The third-order valence-corrected chi connectivity index (χ3v) is 8.41. The largest absolute Gasteiger partial charge is 0.448 e. The summed E-state index contributed by atoms with van der Waals surface area (Å²) in [6, 6.07) is 5.52. The Morgan fingerprint density at radius 2 is 2.03 bits per heavy atom. The maximum absolute atomic E-state index is 12.5. The van der Waals surface area contributed by atoms with E-state index in [1.807, 2.05) is 18.2 Å². The number of thiophene rings is 1. The van der Waals surface area contributed by atoms with E-state index in [4.69, 9.17) is 9.47 Å². The number of H-pyrrole nitrogens is 1. The molecule has 2 aliphatic carbocycles. The number of carbonyl (C=O) groups is 1. The van der Waals surface area contributed by atoms with E-state index in [0.29, 0.717) is 23.0 Å². The molecule has 0 bridgehead atoms. The second-order valence-corrected chi connectivity index (χ2v) is 10.6. The predicted octanol–water partition coefficient (Wildman–Crippen LogP) is 4.39. The van der Waals surface area contributed by atoms with Gasteiger partial charge in [-0.25, -0.2) is 4.98 Å². The standard InChI is InChI=1S/C23H23N3O4S2/c27-19(24-13-6-7-15-16(10-13)30-23(29-15)8-1-2-9-23)12-31-11-18-25-21(28)20-14-4-3-5-17(14)32-22(20)26-18/h6-7,10H,1-5,8-9,11-12H2,(H,24,27)(H,25,26,28). The lowest BCUT2D eigenvalue weighted by molar-refractivity contribution is -0.113. The molecule has 2 N–H and O–H groups in total. The smallest absolute Gasteiger partial charge is 0.259 e. The van der Waals surface area contributed by atoms with Gasteiger partial charge in [0.15, 0.2) is 11.5 Å². The minimum absolute atomic E-state index is 0.0603. The van der Waals surface area contributed by atoms with Crippen molar-refractivity contribution >= 4 is 44.9 Å². The molecule has 0 atom stereocenters. The number of fused-ring (bicyclic) bond motifs is 4. The van der Waals surface area contributed by atoms with Gasteiger partial charge in [-0.15, -0.1) is 23.1 Å². The Labute approximate surface area is 192 Å². The number of anilines is 1. The molecule has 3 heterocycles. The Balaban J connectivity index is 1.06. The molecular weight excluding hydrogens is 446 g/mol. The third-order valence-electron chi connectivity index (χ3n) is 6.28. The molecule has 3 aromatic rings. The van der Waals surface area contributed by atoms with Gasteiger partial charge in [0.2, 0.25) is 5.91 Å². The summed E-state index contributed by atoms with van der Waals surface area (Å²) >= 11 is 3.06. The van der Waals surface area contributed by atoms with E-state index in [1.54, 1.807) is 11.3 Å². The molecule has 6 rings (SSSR count). The van der Waals surface area contributed by atoms with Crippen molar-refractivity contribution in [3.8, 4) is 11.5 Å². The summed E-state index contributed by atoms with van der Waals surface area (Å²) in [5.41, 5.74) is 1.81. The van der Waals surface area contributed by atoms with Gasteiger partial charge in [0.05, 0.1) is 16.9 Å². The number of aromatic amines is 1. The predicted molar refractivity (Wildman–Crippen MR) is 126 cm³/mol. The zero-order chi connectivity index (χ0) is 21.7. The fourth-order valence-electron chi connectivity index (χ4n) is 4.84. The highest BCUT2D eigenvalue weighted by atomic mass is 32.2. The number of ether oxygens (including phenoxy) is 2.